The molecule has 26 heavy (non-hydrogen) atoms. The lowest BCUT2D eigenvalue weighted by Crippen LogP contribution is -2.35. The highest BCUT2D eigenvalue weighted by atomic mass is 32.2. The summed E-state index contributed by atoms with van der Waals surface area (Å²) in [6, 6.07) is 10.8. The molecule has 0 bridgehead atoms. The smallest absolute Gasteiger partial charge is 0.222 e. The standard InChI is InChI=1S/C20H26N4OS/c1-14-4-2-3-5-18(14)26-16-6-9-24(10-7-16)19-12-17(22-20(21)23-19)15-8-11-25-13-15/h2-5,12,15-16H,6-11,13H2,1H3,(H2,21,22,23)/t15-/m1/s1. The molecule has 0 aliphatic carbocycles. The third kappa shape index (κ3) is 3.96. The molecule has 1 atom stereocenters. The summed E-state index contributed by atoms with van der Waals surface area (Å²) in [6.07, 6.45) is 3.33. The van der Waals surface area contributed by atoms with Crippen LogP contribution in [0.2, 0.25) is 0 Å². The van der Waals surface area contributed by atoms with Gasteiger partial charge in [0.05, 0.1) is 12.3 Å². The molecule has 4 rings (SSSR count). The number of rotatable bonds is 4. The first-order valence-corrected chi connectivity index (χ1v) is 10.3. The molecule has 2 saturated heterocycles. The van der Waals surface area contributed by atoms with Crippen LogP contribution in [0.15, 0.2) is 35.2 Å². The van der Waals surface area contributed by atoms with Crippen molar-refractivity contribution in [3.8, 4) is 0 Å². The van der Waals surface area contributed by atoms with Crippen LogP contribution in [-0.2, 0) is 4.74 Å². The topological polar surface area (TPSA) is 64.3 Å². The number of aryl methyl sites for hydroxylation is 1. The van der Waals surface area contributed by atoms with E-state index in [2.05, 4.69) is 52.1 Å². The second kappa shape index (κ2) is 7.84. The first kappa shape index (κ1) is 17.6. The second-order valence-electron chi connectivity index (χ2n) is 7.14. The van der Waals surface area contributed by atoms with E-state index in [1.54, 1.807) is 0 Å². The van der Waals surface area contributed by atoms with Crippen LogP contribution in [-0.4, -0.2) is 41.5 Å². The molecule has 1 aromatic carbocycles. The van der Waals surface area contributed by atoms with Crippen molar-refractivity contribution in [1.29, 1.82) is 0 Å². The van der Waals surface area contributed by atoms with Crippen LogP contribution in [0.25, 0.3) is 0 Å². The molecule has 0 radical (unpaired) electrons. The summed E-state index contributed by atoms with van der Waals surface area (Å²) in [5.41, 5.74) is 8.38. The first-order chi connectivity index (χ1) is 12.7. The molecule has 2 aliphatic rings. The predicted octanol–water partition coefficient (Wildman–Crippen LogP) is 3.63. The molecule has 6 heteroatoms. The number of hydrogen-bond donors (Lipinski definition) is 1. The van der Waals surface area contributed by atoms with Crippen molar-refractivity contribution in [3.05, 3.63) is 41.6 Å². The largest absolute Gasteiger partial charge is 0.381 e. The predicted molar refractivity (Wildman–Crippen MR) is 107 cm³/mol. The van der Waals surface area contributed by atoms with Crippen LogP contribution in [0.4, 0.5) is 11.8 Å². The van der Waals surface area contributed by atoms with Crippen LogP contribution in [0.3, 0.4) is 0 Å². The SMILES string of the molecule is Cc1ccccc1SC1CCN(c2cc([C@@H]3CCOC3)nc(N)n2)CC1. The number of benzene rings is 1. The van der Waals surface area contributed by atoms with Crippen LogP contribution < -0.4 is 10.6 Å². The lowest BCUT2D eigenvalue weighted by molar-refractivity contribution is 0.193. The number of piperidine rings is 1. The van der Waals surface area contributed by atoms with E-state index < -0.39 is 0 Å². The highest BCUT2D eigenvalue weighted by Gasteiger charge is 2.24. The Morgan fingerprint density at radius 1 is 1.15 bits per heavy atom. The molecular formula is C20H26N4OS. The van der Waals surface area contributed by atoms with Gasteiger partial charge in [-0.2, -0.15) is 4.98 Å². The van der Waals surface area contributed by atoms with Gasteiger partial charge in [-0.1, -0.05) is 18.2 Å². The Morgan fingerprint density at radius 3 is 2.69 bits per heavy atom. The Hall–Kier alpha value is -1.79. The Bertz CT molecular complexity index is 755. The average molecular weight is 371 g/mol. The van der Waals surface area contributed by atoms with Crippen molar-refractivity contribution in [3.63, 3.8) is 0 Å². The van der Waals surface area contributed by atoms with E-state index >= 15 is 0 Å². The van der Waals surface area contributed by atoms with Gasteiger partial charge in [-0.3, -0.25) is 0 Å². The minimum atomic E-state index is 0.355. The van der Waals surface area contributed by atoms with E-state index in [1.165, 1.54) is 10.5 Å². The summed E-state index contributed by atoms with van der Waals surface area (Å²) in [7, 11) is 0. The molecule has 1 aromatic heterocycles. The first-order valence-electron chi connectivity index (χ1n) is 9.38. The number of ether oxygens (including phenoxy) is 1. The van der Waals surface area contributed by atoms with Gasteiger partial charge in [0.2, 0.25) is 5.95 Å². The fourth-order valence-corrected chi connectivity index (χ4v) is 4.90. The Morgan fingerprint density at radius 2 is 1.96 bits per heavy atom. The minimum absolute atomic E-state index is 0.355. The summed E-state index contributed by atoms with van der Waals surface area (Å²) >= 11 is 2.01. The van der Waals surface area contributed by atoms with Crippen molar-refractivity contribution in [1.82, 2.24) is 9.97 Å². The van der Waals surface area contributed by atoms with E-state index in [1.807, 2.05) is 11.8 Å². The van der Waals surface area contributed by atoms with Crippen LogP contribution in [0.1, 0.15) is 36.4 Å². The number of nitrogen functional groups attached to an aromatic ring is 1. The maximum absolute atomic E-state index is 5.99. The lowest BCUT2D eigenvalue weighted by atomic mass is 10.0. The van der Waals surface area contributed by atoms with Crippen LogP contribution >= 0.6 is 11.8 Å². The molecule has 2 fully saturated rings. The summed E-state index contributed by atoms with van der Waals surface area (Å²) in [5.74, 6) is 1.70. The minimum Gasteiger partial charge on any atom is -0.381 e. The van der Waals surface area contributed by atoms with E-state index in [4.69, 9.17) is 10.5 Å². The molecule has 2 N–H and O–H groups in total. The van der Waals surface area contributed by atoms with Gasteiger partial charge < -0.3 is 15.4 Å². The van der Waals surface area contributed by atoms with Crippen molar-refractivity contribution in [2.45, 2.75) is 42.2 Å². The summed E-state index contributed by atoms with van der Waals surface area (Å²) in [6.45, 7) is 5.77. The third-order valence-corrected chi connectivity index (χ3v) is 6.77. The van der Waals surface area contributed by atoms with Gasteiger partial charge in [0.15, 0.2) is 0 Å². The molecule has 0 amide bonds. The van der Waals surface area contributed by atoms with E-state index in [0.717, 1.165) is 57.1 Å². The van der Waals surface area contributed by atoms with Gasteiger partial charge in [-0.15, -0.1) is 11.8 Å². The zero-order valence-electron chi connectivity index (χ0n) is 15.2. The van der Waals surface area contributed by atoms with Gasteiger partial charge in [0.25, 0.3) is 0 Å². The zero-order chi connectivity index (χ0) is 17.9. The summed E-state index contributed by atoms with van der Waals surface area (Å²) in [5, 5.41) is 0.661. The zero-order valence-corrected chi connectivity index (χ0v) is 16.0. The fraction of sp³-hybridized carbons (Fsp3) is 0.500. The summed E-state index contributed by atoms with van der Waals surface area (Å²) < 4.78 is 5.50. The molecule has 2 aliphatic heterocycles. The quantitative estimate of drug-likeness (QED) is 0.887. The molecule has 0 unspecified atom stereocenters. The number of anilines is 2. The average Bonchev–Trinajstić information content (AvgIpc) is 3.19. The Labute approximate surface area is 159 Å². The molecule has 0 spiro atoms. The highest BCUT2D eigenvalue weighted by molar-refractivity contribution is 8.00. The highest BCUT2D eigenvalue weighted by Crippen LogP contribution is 2.34. The van der Waals surface area contributed by atoms with Crippen LogP contribution in [0.5, 0.6) is 0 Å². The van der Waals surface area contributed by atoms with E-state index in [-0.39, 0.29) is 0 Å². The van der Waals surface area contributed by atoms with Gasteiger partial charge >= 0.3 is 0 Å². The molecule has 138 valence electrons. The monoisotopic (exact) mass is 370 g/mol. The Kier molecular flexibility index (Phi) is 5.31. The molecule has 0 saturated carbocycles. The molecule has 5 nitrogen and oxygen atoms in total. The van der Waals surface area contributed by atoms with Crippen molar-refractivity contribution in [2.24, 2.45) is 0 Å². The number of hydrogen-bond acceptors (Lipinski definition) is 6. The number of nitrogens with zero attached hydrogens (tertiary/aromatic N) is 3. The molecule has 2 aromatic rings. The van der Waals surface area contributed by atoms with Gasteiger partial charge in [-0.25, -0.2) is 4.98 Å². The molecule has 3 heterocycles. The second-order valence-corrected chi connectivity index (χ2v) is 8.48. The number of nitrogens with two attached hydrogens (primary N) is 1. The van der Waals surface area contributed by atoms with Crippen molar-refractivity contribution < 1.29 is 4.74 Å². The van der Waals surface area contributed by atoms with Gasteiger partial charge in [0.1, 0.15) is 5.82 Å². The Balaban J connectivity index is 1.41. The van der Waals surface area contributed by atoms with Gasteiger partial charge in [0, 0.05) is 41.8 Å². The maximum Gasteiger partial charge on any atom is 0.222 e. The fourth-order valence-electron chi connectivity index (χ4n) is 3.68. The van der Waals surface area contributed by atoms with Crippen LogP contribution in [0, 0.1) is 6.92 Å². The van der Waals surface area contributed by atoms with Crippen molar-refractivity contribution in [2.75, 3.05) is 36.9 Å². The number of aromatic nitrogens is 2. The maximum atomic E-state index is 5.99. The van der Waals surface area contributed by atoms with E-state index in [0.29, 0.717) is 17.1 Å². The third-order valence-electron chi connectivity index (χ3n) is 5.25. The van der Waals surface area contributed by atoms with Crippen molar-refractivity contribution >= 4 is 23.5 Å². The number of thioether (sulfide) groups is 1. The normalized spacial score (nSPS) is 21.3. The molecular weight excluding hydrogens is 344 g/mol. The summed E-state index contributed by atoms with van der Waals surface area (Å²) in [4.78, 5) is 12.7. The lowest BCUT2D eigenvalue weighted by Gasteiger charge is -2.33. The van der Waals surface area contributed by atoms with E-state index in [9.17, 15) is 0 Å². The van der Waals surface area contributed by atoms with Gasteiger partial charge in [-0.05, 0) is 37.8 Å².